The number of ether oxygens (including phenoxy) is 5. The molecule has 0 bridgehead atoms. The van der Waals surface area contributed by atoms with Crippen molar-refractivity contribution in [3.63, 3.8) is 0 Å². The Morgan fingerprint density at radius 2 is 0.588 bits per heavy atom. The van der Waals surface area contributed by atoms with E-state index in [4.69, 9.17) is 23.7 Å². The largest absolute Gasteiger partial charge is 0.461 e. The summed E-state index contributed by atoms with van der Waals surface area (Å²) in [6.07, 6.45) is 44.7. The highest BCUT2D eigenvalue weighted by atomic mass is 16.7. The Hall–Kier alpha value is -2.91. The van der Waals surface area contributed by atoms with E-state index in [1.807, 2.05) is 0 Å². The van der Waals surface area contributed by atoms with E-state index in [-0.39, 0.29) is 17.6 Å². The van der Waals surface area contributed by atoms with Crippen molar-refractivity contribution in [3.8, 4) is 0 Å². The number of hydrogen-bond acceptors (Lipinski definition) is 10. The number of unbranched alkanes of at least 4 members (excludes halogenated alkanes) is 32. The maximum atomic E-state index is 14.9. The van der Waals surface area contributed by atoms with E-state index in [9.17, 15) is 24.0 Å². The normalized spacial score (nSPS) is 15.3. The SMILES string of the molecule is CCCCCCCCC(CCCCCC)C(=O)OCC(OC(=O)C(CCCCCC)CCCCCCCC)C1OC(=O)C(OC(=O)C(CCCCCC)CCCCCCCC)=C1OC(=O)C(CCCCCC)CCCCCCCC. The van der Waals surface area contributed by atoms with Crippen LogP contribution in [-0.2, 0) is 47.7 Å². The van der Waals surface area contributed by atoms with Crippen LogP contribution >= 0.6 is 0 Å². The minimum Gasteiger partial charge on any atom is -0.461 e. The second-order valence-corrected chi connectivity index (χ2v) is 24.4. The van der Waals surface area contributed by atoms with Crippen molar-refractivity contribution in [2.75, 3.05) is 6.61 Å². The van der Waals surface area contributed by atoms with Gasteiger partial charge in [-0.25, -0.2) is 4.79 Å². The first-order chi connectivity index (χ1) is 39.1. The average molecular weight is 1130 g/mol. The quantitative estimate of drug-likeness (QED) is 0.0329. The van der Waals surface area contributed by atoms with Gasteiger partial charge in [0.15, 0.2) is 6.10 Å². The zero-order valence-electron chi connectivity index (χ0n) is 53.7. The predicted octanol–water partition coefficient (Wildman–Crippen LogP) is 21.0. The van der Waals surface area contributed by atoms with Crippen molar-refractivity contribution >= 4 is 29.8 Å². The average Bonchev–Trinajstić information content (AvgIpc) is 3.75. The molecule has 0 aromatic rings. The molecule has 0 fully saturated rings. The Morgan fingerprint density at radius 1 is 0.338 bits per heavy atom. The molecule has 1 aliphatic heterocycles. The molecule has 0 spiro atoms. The molecule has 0 aromatic heterocycles. The molecule has 1 aliphatic rings. The molecule has 0 aliphatic carbocycles. The lowest BCUT2D eigenvalue weighted by Gasteiger charge is -2.27. The first-order valence-electron chi connectivity index (χ1n) is 34.8. The molecular formula is C70H128O10. The standard InChI is InChI=1S/C70H128O10/c1-9-17-25-33-37-45-50-58(49-41-29-21-13-5)66(71)76-57-62(77-67(72)59(51-42-30-22-14-6)54-46-38-34-26-18-10-2)63-64(79-68(73)60(52-43-31-23-15-7)55-47-39-35-27-19-11-3)65(70(75)78-63)80-69(74)61(53-44-32-24-16-8)56-48-40-36-28-20-12-4/h58-63H,9-57H2,1-8H3. The van der Waals surface area contributed by atoms with Crippen molar-refractivity contribution in [1.82, 2.24) is 0 Å². The van der Waals surface area contributed by atoms with Crippen LogP contribution in [0.4, 0.5) is 0 Å². The molecule has 80 heavy (non-hydrogen) atoms. The number of carbonyl (C=O) groups excluding carboxylic acids is 5. The van der Waals surface area contributed by atoms with Crippen LogP contribution in [0, 0.1) is 23.7 Å². The van der Waals surface area contributed by atoms with Gasteiger partial charge in [0.05, 0.1) is 23.7 Å². The highest BCUT2D eigenvalue weighted by Crippen LogP contribution is 2.35. The molecule has 0 aromatic carbocycles. The zero-order valence-corrected chi connectivity index (χ0v) is 53.7. The van der Waals surface area contributed by atoms with Crippen LogP contribution in [0.2, 0.25) is 0 Å². The molecular weight excluding hydrogens is 1000 g/mol. The summed E-state index contributed by atoms with van der Waals surface area (Å²) in [5, 5.41) is 0. The highest BCUT2D eigenvalue weighted by molar-refractivity contribution is 5.93. The molecule has 468 valence electrons. The summed E-state index contributed by atoms with van der Waals surface area (Å²) in [4.78, 5) is 73.2. The van der Waals surface area contributed by atoms with Crippen LogP contribution in [0.1, 0.15) is 364 Å². The van der Waals surface area contributed by atoms with Crippen molar-refractivity contribution in [2.24, 2.45) is 23.7 Å². The van der Waals surface area contributed by atoms with Crippen molar-refractivity contribution in [2.45, 2.75) is 376 Å². The minimum atomic E-state index is -1.47. The highest BCUT2D eigenvalue weighted by Gasteiger charge is 2.48. The third-order valence-corrected chi connectivity index (χ3v) is 16.9. The van der Waals surface area contributed by atoms with Crippen LogP contribution in [0.25, 0.3) is 0 Å². The molecule has 1 heterocycles. The summed E-state index contributed by atoms with van der Waals surface area (Å²) in [5.74, 6) is -5.15. The summed E-state index contributed by atoms with van der Waals surface area (Å²) in [6, 6.07) is 0. The summed E-state index contributed by atoms with van der Waals surface area (Å²) < 4.78 is 31.8. The van der Waals surface area contributed by atoms with Gasteiger partial charge in [0.25, 0.3) is 5.76 Å². The lowest BCUT2D eigenvalue weighted by molar-refractivity contribution is -0.177. The van der Waals surface area contributed by atoms with E-state index >= 15 is 0 Å². The second-order valence-electron chi connectivity index (χ2n) is 24.4. The van der Waals surface area contributed by atoms with Gasteiger partial charge in [-0.05, 0) is 51.4 Å². The first-order valence-corrected chi connectivity index (χ1v) is 34.8. The third-order valence-electron chi connectivity index (χ3n) is 16.9. The van der Waals surface area contributed by atoms with E-state index in [2.05, 4.69) is 55.4 Å². The maximum absolute atomic E-state index is 14.9. The number of cyclic esters (lactones) is 1. The molecule has 6 unspecified atom stereocenters. The van der Waals surface area contributed by atoms with E-state index < -0.39 is 66.2 Å². The van der Waals surface area contributed by atoms with E-state index in [1.54, 1.807) is 0 Å². The molecule has 0 amide bonds. The molecule has 1 rings (SSSR count). The Balaban J connectivity index is 4.00. The Morgan fingerprint density at radius 3 is 0.900 bits per heavy atom. The lowest BCUT2D eigenvalue weighted by Crippen LogP contribution is -2.41. The van der Waals surface area contributed by atoms with E-state index in [0.717, 1.165) is 212 Å². The fraction of sp³-hybridized carbons (Fsp3) is 0.900. The summed E-state index contributed by atoms with van der Waals surface area (Å²) in [6.45, 7) is 17.1. The molecule has 10 heteroatoms. The predicted molar refractivity (Wildman–Crippen MR) is 331 cm³/mol. The molecule has 0 radical (unpaired) electrons. The summed E-state index contributed by atoms with van der Waals surface area (Å²) in [5.41, 5.74) is 0. The monoisotopic (exact) mass is 1130 g/mol. The first kappa shape index (κ1) is 75.1. The van der Waals surface area contributed by atoms with Crippen molar-refractivity contribution in [3.05, 3.63) is 11.5 Å². The fourth-order valence-corrected chi connectivity index (χ4v) is 11.5. The van der Waals surface area contributed by atoms with Crippen LogP contribution < -0.4 is 0 Å². The van der Waals surface area contributed by atoms with Crippen molar-refractivity contribution < 1.29 is 47.7 Å². The molecule has 0 N–H and O–H groups in total. The van der Waals surface area contributed by atoms with Crippen LogP contribution in [0.5, 0.6) is 0 Å². The zero-order chi connectivity index (χ0) is 58.7. The Bertz CT molecular complexity index is 1560. The molecule has 0 saturated carbocycles. The van der Waals surface area contributed by atoms with E-state index in [1.165, 1.54) is 44.9 Å². The minimum absolute atomic E-state index is 0.244. The summed E-state index contributed by atoms with van der Waals surface area (Å²) >= 11 is 0. The second kappa shape index (κ2) is 52.9. The third kappa shape index (κ3) is 36.6. The number of hydrogen-bond donors (Lipinski definition) is 0. The molecule has 6 atom stereocenters. The Labute approximate surface area is 493 Å². The number of carbonyl (C=O) groups is 5. The van der Waals surface area contributed by atoms with Gasteiger partial charge in [-0.3, -0.25) is 19.2 Å². The lowest BCUT2D eigenvalue weighted by atomic mass is 9.94. The van der Waals surface area contributed by atoms with Gasteiger partial charge in [0.2, 0.25) is 11.9 Å². The maximum Gasteiger partial charge on any atom is 0.379 e. The van der Waals surface area contributed by atoms with Crippen LogP contribution in [0.15, 0.2) is 11.5 Å². The van der Waals surface area contributed by atoms with Gasteiger partial charge in [0.1, 0.15) is 6.61 Å². The van der Waals surface area contributed by atoms with Crippen molar-refractivity contribution in [1.29, 1.82) is 0 Å². The fourth-order valence-electron chi connectivity index (χ4n) is 11.5. The van der Waals surface area contributed by atoms with E-state index in [0.29, 0.717) is 51.4 Å². The van der Waals surface area contributed by atoms with Gasteiger partial charge in [-0.1, -0.05) is 312 Å². The molecule has 0 saturated heterocycles. The smallest absolute Gasteiger partial charge is 0.379 e. The Kier molecular flexibility index (Phi) is 49.6. The van der Waals surface area contributed by atoms with Crippen LogP contribution in [0.3, 0.4) is 0 Å². The summed E-state index contributed by atoms with van der Waals surface area (Å²) in [7, 11) is 0. The number of esters is 5. The number of rotatable bonds is 58. The molecule has 10 nitrogen and oxygen atoms in total. The van der Waals surface area contributed by atoms with Gasteiger partial charge >= 0.3 is 29.8 Å². The van der Waals surface area contributed by atoms with Gasteiger partial charge in [-0.2, -0.15) is 0 Å². The topological polar surface area (TPSA) is 132 Å². The van der Waals surface area contributed by atoms with Gasteiger partial charge < -0.3 is 23.7 Å². The van der Waals surface area contributed by atoms with Crippen LogP contribution in [-0.4, -0.2) is 48.7 Å². The van der Waals surface area contributed by atoms with Gasteiger partial charge in [0, 0.05) is 0 Å². The van der Waals surface area contributed by atoms with Gasteiger partial charge in [-0.15, -0.1) is 0 Å².